The van der Waals surface area contributed by atoms with Gasteiger partial charge in [-0.3, -0.25) is 9.59 Å². The second-order valence-electron chi connectivity index (χ2n) is 5.66. The average molecular weight is 324 g/mol. The highest BCUT2D eigenvalue weighted by Gasteiger charge is 2.39. The van der Waals surface area contributed by atoms with E-state index in [1.54, 1.807) is 23.1 Å². The fraction of sp³-hybridized carbons (Fsp3) is 0.500. The highest BCUT2D eigenvalue weighted by Crippen LogP contribution is 2.43. The van der Waals surface area contributed by atoms with Crippen LogP contribution in [0.3, 0.4) is 0 Å². The number of nitrogens with zero attached hydrogens (tertiary/aromatic N) is 1. The van der Waals surface area contributed by atoms with E-state index in [1.165, 1.54) is 17.8 Å². The fourth-order valence-electron chi connectivity index (χ4n) is 2.43. The van der Waals surface area contributed by atoms with Crippen LogP contribution >= 0.6 is 11.8 Å². The molecule has 1 heterocycles. The molecule has 0 bridgehead atoms. The van der Waals surface area contributed by atoms with Gasteiger partial charge in [0.2, 0.25) is 11.8 Å². The van der Waals surface area contributed by atoms with Crippen LogP contribution in [0.5, 0.6) is 0 Å². The minimum Gasteiger partial charge on any atom is -0.354 e. The molecule has 0 aliphatic carbocycles. The van der Waals surface area contributed by atoms with Crippen molar-refractivity contribution in [1.29, 1.82) is 0 Å². The van der Waals surface area contributed by atoms with E-state index >= 15 is 0 Å². The highest BCUT2D eigenvalue weighted by atomic mass is 32.2. The Balaban J connectivity index is 2.11. The molecule has 0 spiro atoms. The number of carbonyl (C=O) groups excluding carboxylic acids is 2. The van der Waals surface area contributed by atoms with Crippen LogP contribution in [0, 0.1) is 5.82 Å². The van der Waals surface area contributed by atoms with E-state index in [-0.39, 0.29) is 40.7 Å². The first kappa shape index (κ1) is 16.8. The third-order valence-electron chi connectivity index (χ3n) is 3.45. The first-order chi connectivity index (χ1) is 10.4. The molecule has 6 heteroatoms. The predicted octanol–water partition coefficient (Wildman–Crippen LogP) is 2.70. The van der Waals surface area contributed by atoms with Gasteiger partial charge in [-0.05, 0) is 26.8 Å². The Kier molecular flexibility index (Phi) is 5.45. The molecule has 2 rings (SSSR count). The smallest absolute Gasteiger partial charge is 0.236 e. The topological polar surface area (TPSA) is 49.4 Å². The molecule has 1 saturated heterocycles. The van der Waals surface area contributed by atoms with E-state index in [0.717, 1.165) is 0 Å². The van der Waals surface area contributed by atoms with E-state index in [1.807, 2.05) is 20.8 Å². The first-order valence-corrected chi connectivity index (χ1v) is 8.34. The molecule has 0 unspecified atom stereocenters. The summed E-state index contributed by atoms with van der Waals surface area (Å²) in [5.41, 5.74) is 0.495. The minimum atomic E-state index is -0.365. The van der Waals surface area contributed by atoms with Crippen molar-refractivity contribution in [2.24, 2.45) is 0 Å². The molecule has 120 valence electrons. The zero-order valence-corrected chi connectivity index (χ0v) is 13.8. The van der Waals surface area contributed by atoms with Crippen LogP contribution in [0.4, 0.5) is 4.39 Å². The number of hydrogen-bond donors (Lipinski definition) is 1. The van der Waals surface area contributed by atoms with Crippen LogP contribution in [0.15, 0.2) is 24.3 Å². The van der Waals surface area contributed by atoms with Gasteiger partial charge in [-0.15, -0.1) is 11.8 Å². The van der Waals surface area contributed by atoms with Gasteiger partial charge >= 0.3 is 0 Å². The SMILES string of the molecule is CC(C)NC(=O)CCN1C(=O)[C@H](C)S[C@H]1c1ccccc1F. The monoisotopic (exact) mass is 324 g/mol. The molecule has 0 radical (unpaired) electrons. The molecule has 22 heavy (non-hydrogen) atoms. The van der Waals surface area contributed by atoms with E-state index in [4.69, 9.17) is 0 Å². The molecule has 1 aromatic carbocycles. The second kappa shape index (κ2) is 7.13. The maximum atomic E-state index is 14.0. The molecule has 1 N–H and O–H groups in total. The summed E-state index contributed by atoms with van der Waals surface area (Å²) in [6.07, 6.45) is 0.224. The molecule has 2 atom stereocenters. The van der Waals surface area contributed by atoms with Crippen molar-refractivity contribution in [2.75, 3.05) is 6.54 Å². The van der Waals surface area contributed by atoms with Crippen LogP contribution in [-0.2, 0) is 9.59 Å². The van der Waals surface area contributed by atoms with Gasteiger partial charge in [0, 0.05) is 24.6 Å². The van der Waals surface area contributed by atoms with E-state index in [2.05, 4.69) is 5.32 Å². The Labute approximate surface area is 134 Å². The maximum Gasteiger partial charge on any atom is 0.236 e. The number of rotatable bonds is 5. The van der Waals surface area contributed by atoms with Crippen molar-refractivity contribution in [3.05, 3.63) is 35.6 Å². The molecule has 0 aromatic heterocycles. The van der Waals surface area contributed by atoms with Gasteiger partial charge in [-0.25, -0.2) is 4.39 Å². The van der Waals surface area contributed by atoms with E-state index in [0.29, 0.717) is 12.1 Å². The zero-order valence-electron chi connectivity index (χ0n) is 13.0. The molecule has 0 saturated carbocycles. The molecule has 1 fully saturated rings. The average Bonchev–Trinajstić information content (AvgIpc) is 2.72. The Morgan fingerprint density at radius 2 is 2.09 bits per heavy atom. The van der Waals surface area contributed by atoms with Crippen molar-refractivity contribution < 1.29 is 14.0 Å². The minimum absolute atomic E-state index is 0.0457. The van der Waals surface area contributed by atoms with Crippen LogP contribution in [-0.4, -0.2) is 34.6 Å². The molecule has 1 aliphatic rings. The molecule has 1 aromatic rings. The number of thioether (sulfide) groups is 1. The zero-order chi connectivity index (χ0) is 16.3. The molecular formula is C16H21FN2O2S. The summed E-state index contributed by atoms with van der Waals surface area (Å²) < 4.78 is 14.0. The first-order valence-electron chi connectivity index (χ1n) is 7.40. The summed E-state index contributed by atoms with van der Waals surface area (Å²) in [5.74, 6) is -0.464. The Hall–Kier alpha value is -1.56. The number of benzene rings is 1. The number of halogens is 1. The standard InChI is InChI=1S/C16H21FN2O2S/c1-10(2)18-14(20)8-9-19-15(21)11(3)22-16(19)12-6-4-5-7-13(12)17/h4-7,10-11,16H,8-9H2,1-3H3,(H,18,20)/t11-,16-/m0/s1. The quantitative estimate of drug-likeness (QED) is 0.906. The van der Waals surface area contributed by atoms with Crippen LogP contribution in [0.2, 0.25) is 0 Å². The highest BCUT2D eigenvalue weighted by molar-refractivity contribution is 8.01. The summed E-state index contributed by atoms with van der Waals surface area (Å²) in [7, 11) is 0. The van der Waals surface area contributed by atoms with Crippen molar-refractivity contribution in [3.8, 4) is 0 Å². The second-order valence-corrected chi connectivity index (χ2v) is 7.08. The van der Waals surface area contributed by atoms with Gasteiger partial charge in [0.1, 0.15) is 11.2 Å². The molecule has 1 aliphatic heterocycles. The summed E-state index contributed by atoms with van der Waals surface area (Å²) in [5, 5.41) is 2.21. The Morgan fingerprint density at radius 1 is 1.41 bits per heavy atom. The van der Waals surface area contributed by atoms with Gasteiger partial charge in [0.25, 0.3) is 0 Å². The van der Waals surface area contributed by atoms with E-state index < -0.39 is 0 Å². The number of carbonyl (C=O) groups is 2. The third-order valence-corrected chi connectivity index (χ3v) is 4.82. The van der Waals surface area contributed by atoms with Crippen LogP contribution in [0.25, 0.3) is 0 Å². The van der Waals surface area contributed by atoms with Gasteiger partial charge < -0.3 is 10.2 Å². The summed E-state index contributed by atoms with van der Waals surface area (Å²) in [6, 6.07) is 6.55. The van der Waals surface area contributed by atoms with Gasteiger partial charge in [-0.1, -0.05) is 18.2 Å². The third kappa shape index (κ3) is 3.80. The number of amides is 2. The maximum absolute atomic E-state index is 14.0. The fourth-order valence-corrected chi connectivity index (χ4v) is 3.77. The lowest BCUT2D eigenvalue weighted by atomic mass is 10.2. The van der Waals surface area contributed by atoms with Gasteiger partial charge in [-0.2, -0.15) is 0 Å². The van der Waals surface area contributed by atoms with Crippen molar-refractivity contribution in [1.82, 2.24) is 10.2 Å². The summed E-state index contributed by atoms with van der Waals surface area (Å²) >= 11 is 1.42. The lowest BCUT2D eigenvalue weighted by molar-refractivity contribution is -0.130. The van der Waals surface area contributed by atoms with Crippen LogP contribution < -0.4 is 5.32 Å². The number of nitrogens with one attached hydrogen (secondary N) is 1. The van der Waals surface area contributed by atoms with Crippen LogP contribution in [0.1, 0.15) is 38.1 Å². The van der Waals surface area contributed by atoms with Gasteiger partial charge in [0.15, 0.2) is 0 Å². The Morgan fingerprint density at radius 3 is 2.73 bits per heavy atom. The predicted molar refractivity (Wildman–Crippen MR) is 85.8 cm³/mol. The summed E-state index contributed by atoms with van der Waals surface area (Å²) in [6.45, 7) is 5.89. The molecule has 2 amide bonds. The van der Waals surface area contributed by atoms with E-state index in [9.17, 15) is 14.0 Å². The van der Waals surface area contributed by atoms with Crippen molar-refractivity contribution in [3.63, 3.8) is 0 Å². The normalized spacial score (nSPS) is 21.5. The molecule has 4 nitrogen and oxygen atoms in total. The largest absolute Gasteiger partial charge is 0.354 e. The number of hydrogen-bond acceptors (Lipinski definition) is 3. The molecular weight excluding hydrogens is 303 g/mol. The lowest BCUT2D eigenvalue weighted by Gasteiger charge is -2.24. The van der Waals surface area contributed by atoms with Crippen molar-refractivity contribution in [2.45, 2.75) is 43.9 Å². The van der Waals surface area contributed by atoms with Crippen molar-refractivity contribution >= 4 is 23.6 Å². The lowest BCUT2D eigenvalue weighted by Crippen LogP contribution is -2.36. The Bertz CT molecular complexity index is 565. The van der Waals surface area contributed by atoms with Gasteiger partial charge in [0.05, 0.1) is 5.25 Å². The summed E-state index contributed by atoms with van der Waals surface area (Å²) in [4.78, 5) is 25.7.